The molecule has 7 nitrogen and oxygen atoms in total. The van der Waals surface area contributed by atoms with Crippen molar-refractivity contribution < 1.29 is 15.0 Å². The molecule has 116 valence electrons. The number of carbonyl (C=O) groups is 1. The molecule has 3 rings (SSSR count). The molecule has 0 spiro atoms. The van der Waals surface area contributed by atoms with Crippen molar-refractivity contribution in [3.63, 3.8) is 0 Å². The fourth-order valence-corrected chi connectivity index (χ4v) is 2.51. The smallest absolute Gasteiger partial charge is 0.340 e. The number of rotatable bonds is 4. The number of aliphatic hydroxyl groups is 1. The number of hydrogen-bond donors (Lipinski definition) is 2. The molecule has 23 heavy (non-hydrogen) atoms. The van der Waals surface area contributed by atoms with Crippen LogP contribution in [0.1, 0.15) is 29.0 Å². The van der Waals surface area contributed by atoms with Gasteiger partial charge in [-0.3, -0.25) is 0 Å². The van der Waals surface area contributed by atoms with Gasteiger partial charge in [0.25, 0.3) is 0 Å². The van der Waals surface area contributed by atoms with Crippen LogP contribution in [0.4, 0.5) is 0 Å². The zero-order chi connectivity index (χ0) is 16.6. The summed E-state index contributed by atoms with van der Waals surface area (Å²) in [5.41, 5.74) is 1.38. The molecule has 0 amide bonds. The van der Waals surface area contributed by atoms with Crippen LogP contribution in [0.25, 0.3) is 16.6 Å². The van der Waals surface area contributed by atoms with Gasteiger partial charge in [0.15, 0.2) is 5.69 Å². The minimum Gasteiger partial charge on any atom is -0.478 e. The van der Waals surface area contributed by atoms with Gasteiger partial charge in [-0.05, 0) is 31.2 Å². The van der Waals surface area contributed by atoms with E-state index < -0.39 is 5.97 Å². The van der Waals surface area contributed by atoms with E-state index in [1.54, 1.807) is 12.1 Å². The van der Waals surface area contributed by atoms with E-state index in [9.17, 15) is 9.90 Å². The summed E-state index contributed by atoms with van der Waals surface area (Å²) in [6, 6.07) is 9.20. The Morgan fingerprint density at radius 1 is 1.43 bits per heavy atom. The van der Waals surface area contributed by atoms with E-state index >= 15 is 0 Å². The third-order valence-corrected chi connectivity index (χ3v) is 3.76. The Morgan fingerprint density at radius 2 is 2.22 bits per heavy atom. The van der Waals surface area contributed by atoms with Gasteiger partial charge in [0.2, 0.25) is 0 Å². The number of carboxylic acid groups (broad SMARTS) is 1. The number of carboxylic acids is 1. The van der Waals surface area contributed by atoms with E-state index in [1.807, 2.05) is 35.9 Å². The maximum absolute atomic E-state index is 11.1. The minimum atomic E-state index is -1.18. The van der Waals surface area contributed by atoms with E-state index in [0.717, 1.165) is 10.9 Å². The molecule has 3 aromatic rings. The Bertz CT molecular complexity index is 933. The third-order valence-electron chi connectivity index (χ3n) is 3.76. The van der Waals surface area contributed by atoms with Crippen molar-refractivity contribution in [1.29, 1.82) is 5.26 Å². The first kappa shape index (κ1) is 14.8. The Labute approximate surface area is 131 Å². The van der Waals surface area contributed by atoms with Crippen molar-refractivity contribution in [1.82, 2.24) is 14.3 Å². The molecular weight excluding hydrogens is 296 g/mol. The predicted octanol–water partition coefficient (Wildman–Crippen LogP) is 1.95. The average Bonchev–Trinajstić information content (AvgIpc) is 3.17. The van der Waals surface area contributed by atoms with Gasteiger partial charge in [-0.25, -0.2) is 9.48 Å². The highest BCUT2D eigenvalue weighted by molar-refractivity contribution is 5.90. The van der Waals surface area contributed by atoms with Gasteiger partial charge in [0.05, 0.1) is 18.3 Å². The molecule has 2 N–H and O–H groups in total. The van der Waals surface area contributed by atoms with E-state index in [4.69, 9.17) is 10.4 Å². The number of aromatic carboxylic acids is 1. The molecule has 0 saturated carbocycles. The molecule has 0 bridgehead atoms. The minimum absolute atomic E-state index is 0.0353. The molecule has 1 unspecified atom stereocenters. The molecule has 7 heteroatoms. The van der Waals surface area contributed by atoms with Crippen molar-refractivity contribution in [2.45, 2.75) is 13.0 Å². The average molecular weight is 310 g/mol. The highest BCUT2D eigenvalue weighted by Gasteiger charge is 2.16. The van der Waals surface area contributed by atoms with Gasteiger partial charge in [0, 0.05) is 23.3 Å². The Kier molecular flexibility index (Phi) is 3.60. The summed E-state index contributed by atoms with van der Waals surface area (Å²) in [5, 5.41) is 32.3. The molecule has 0 saturated heterocycles. The molecule has 0 fully saturated rings. The number of nitrogens with zero attached hydrogens (tertiary/aromatic N) is 4. The third kappa shape index (κ3) is 2.45. The van der Waals surface area contributed by atoms with Crippen molar-refractivity contribution >= 4 is 16.9 Å². The summed E-state index contributed by atoms with van der Waals surface area (Å²) >= 11 is 0. The second-order valence-electron chi connectivity index (χ2n) is 5.25. The number of fused-ring (bicyclic) bond motifs is 1. The zero-order valence-corrected chi connectivity index (χ0v) is 12.3. The molecule has 1 aromatic carbocycles. The molecule has 2 aromatic heterocycles. The van der Waals surface area contributed by atoms with Crippen molar-refractivity contribution in [2.75, 3.05) is 6.61 Å². The fourth-order valence-electron chi connectivity index (χ4n) is 2.51. The molecule has 0 aliphatic carbocycles. The lowest BCUT2D eigenvalue weighted by Crippen LogP contribution is -2.07. The van der Waals surface area contributed by atoms with Gasteiger partial charge >= 0.3 is 5.97 Å². The van der Waals surface area contributed by atoms with E-state index in [-0.39, 0.29) is 23.9 Å². The van der Waals surface area contributed by atoms with Crippen molar-refractivity contribution in [2.24, 2.45) is 0 Å². The quantitative estimate of drug-likeness (QED) is 0.766. The lowest BCUT2D eigenvalue weighted by Gasteiger charge is -2.12. The number of nitriles is 1. The normalized spacial score (nSPS) is 12.2. The highest BCUT2D eigenvalue weighted by atomic mass is 16.4. The van der Waals surface area contributed by atoms with Crippen LogP contribution < -0.4 is 0 Å². The summed E-state index contributed by atoms with van der Waals surface area (Å²) in [7, 11) is 0. The lowest BCUT2D eigenvalue weighted by atomic mass is 10.2. The van der Waals surface area contributed by atoms with Crippen molar-refractivity contribution in [3.05, 3.63) is 47.9 Å². The maximum atomic E-state index is 11.1. The van der Waals surface area contributed by atoms with Crippen LogP contribution in [-0.4, -0.2) is 37.1 Å². The molecule has 0 aliphatic heterocycles. The van der Waals surface area contributed by atoms with Crippen LogP contribution in [-0.2, 0) is 0 Å². The summed E-state index contributed by atoms with van der Waals surface area (Å²) in [6.45, 7) is 1.96. The molecule has 0 radical (unpaired) electrons. The number of aromatic nitrogens is 3. The molecule has 2 heterocycles. The second-order valence-corrected chi connectivity index (χ2v) is 5.25. The molecule has 1 atom stereocenters. The first-order chi connectivity index (χ1) is 11.0. The monoisotopic (exact) mass is 310 g/mol. The Hall–Kier alpha value is -3.11. The summed E-state index contributed by atoms with van der Waals surface area (Å²) in [5.74, 6) is -1.18. The fraction of sp³-hybridized carbons (Fsp3) is 0.188. The first-order valence-corrected chi connectivity index (χ1v) is 7.00. The van der Waals surface area contributed by atoms with E-state index in [0.29, 0.717) is 5.69 Å². The van der Waals surface area contributed by atoms with Gasteiger partial charge in [-0.1, -0.05) is 0 Å². The van der Waals surface area contributed by atoms with Crippen LogP contribution in [0.2, 0.25) is 0 Å². The topological polar surface area (TPSA) is 104 Å². The predicted molar refractivity (Wildman–Crippen MR) is 82.5 cm³/mol. The summed E-state index contributed by atoms with van der Waals surface area (Å²) in [4.78, 5) is 11.1. The summed E-state index contributed by atoms with van der Waals surface area (Å²) in [6.07, 6.45) is 3.22. The van der Waals surface area contributed by atoms with E-state index in [1.165, 1.54) is 10.9 Å². The number of hydrogen-bond acceptors (Lipinski definition) is 4. The second kappa shape index (κ2) is 5.59. The maximum Gasteiger partial charge on any atom is 0.340 e. The lowest BCUT2D eigenvalue weighted by molar-refractivity contribution is 0.0696. The summed E-state index contributed by atoms with van der Waals surface area (Å²) < 4.78 is 3.35. The molecule has 0 aliphatic rings. The Morgan fingerprint density at radius 3 is 2.83 bits per heavy atom. The largest absolute Gasteiger partial charge is 0.478 e. The van der Waals surface area contributed by atoms with Gasteiger partial charge in [-0.15, -0.1) is 0 Å². The van der Waals surface area contributed by atoms with E-state index in [2.05, 4.69) is 5.10 Å². The van der Waals surface area contributed by atoms with Gasteiger partial charge < -0.3 is 14.8 Å². The van der Waals surface area contributed by atoms with Crippen LogP contribution in [0.15, 0.2) is 36.7 Å². The Balaban J connectivity index is 2.08. The van der Waals surface area contributed by atoms with Gasteiger partial charge in [-0.2, -0.15) is 10.4 Å². The zero-order valence-electron chi connectivity index (χ0n) is 12.3. The first-order valence-electron chi connectivity index (χ1n) is 7.00. The standard InChI is InChI=1S/C16H14N4O3/c1-10(9-21)19-5-4-11-6-12(2-3-15(11)19)20-8-13(16(22)23)14(7-17)18-20/h2-6,8,10,21H,9H2,1H3,(H,22,23). The van der Waals surface area contributed by atoms with Gasteiger partial charge in [0.1, 0.15) is 11.6 Å². The SMILES string of the molecule is CC(CO)n1ccc2cc(-n3cc(C(=O)O)c(C#N)n3)ccc21. The number of benzene rings is 1. The van der Waals surface area contributed by atoms with Crippen LogP contribution >= 0.6 is 0 Å². The van der Waals surface area contributed by atoms with Crippen molar-refractivity contribution in [3.8, 4) is 11.8 Å². The number of aliphatic hydroxyl groups excluding tert-OH is 1. The van der Waals surface area contributed by atoms with Crippen LogP contribution in [0.5, 0.6) is 0 Å². The van der Waals surface area contributed by atoms with Crippen LogP contribution in [0.3, 0.4) is 0 Å². The van der Waals surface area contributed by atoms with Crippen LogP contribution in [0, 0.1) is 11.3 Å². The highest BCUT2D eigenvalue weighted by Crippen LogP contribution is 2.23. The molecular formula is C16H14N4O3.